The molecule has 3 heteroatoms. The Morgan fingerprint density at radius 1 is 1.21 bits per heavy atom. The average molecular weight is 278 g/mol. The summed E-state index contributed by atoms with van der Waals surface area (Å²) in [5.74, 6) is -0.356. The molecule has 100 valence electrons. The van der Waals surface area contributed by atoms with E-state index in [1.54, 1.807) is 18.2 Å². The van der Waals surface area contributed by atoms with Crippen LogP contribution in [0.5, 0.6) is 0 Å². The summed E-state index contributed by atoms with van der Waals surface area (Å²) >= 11 is 5.86. The number of aryl methyl sites for hydroxylation is 1. The third kappa shape index (κ3) is 2.96. The first-order valence-electron chi connectivity index (χ1n) is 6.37. The molecule has 0 bridgehead atoms. The fourth-order valence-corrected chi connectivity index (χ4v) is 2.42. The van der Waals surface area contributed by atoms with Crippen LogP contribution in [-0.4, -0.2) is 7.05 Å². The van der Waals surface area contributed by atoms with E-state index in [4.69, 9.17) is 11.6 Å². The lowest BCUT2D eigenvalue weighted by atomic mass is 9.96. The Hall–Kier alpha value is -1.38. The molecular weight excluding hydrogens is 261 g/mol. The van der Waals surface area contributed by atoms with E-state index < -0.39 is 0 Å². The standard InChI is InChI=1S/C16H17ClFN/c1-3-11-6-4-7-12(10-11)16(19-2)13-8-5-9-14(17)15(13)18/h4-10,16,19H,3H2,1-2H3. The lowest BCUT2D eigenvalue weighted by Gasteiger charge is -2.19. The molecule has 1 atom stereocenters. The van der Waals surface area contributed by atoms with Crippen molar-refractivity contribution < 1.29 is 4.39 Å². The van der Waals surface area contributed by atoms with E-state index in [1.165, 1.54) is 5.56 Å². The summed E-state index contributed by atoms with van der Waals surface area (Å²) in [5, 5.41) is 3.31. The zero-order valence-electron chi connectivity index (χ0n) is 11.1. The predicted octanol–water partition coefficient (Wildman–Crippen LogP) is 4.35. The van der Waals surface area contributed by atoms with Crippen molar-refractivity contribution in [2.24, 2.45) is 0 Å². The van der Waals surface area contributed by atoms with Gasteiger partial charge in [0.1, 0.15) is 5.82 Å². The summed E-state index contributed by atoms with van der Waals surface area (Å²) in [6, 6.07) is 13.1. The second kappa shape index (κ2) is 6.18. The molecule has 0 radical (unpaired) electrons. The van der Waals surface area contributed by atoms with Gasteiger partial charge in [-0.15, -0.1) is 0 Å². The zero-order valence-corrected chi connectivity index (χ0v) is 11.8. The van der Waals surface area contributed by atoms with E-state index in [0.29, 0.717) is 5.56 Å². The minimum Gasteiger partial charge on any atom is -0.309 e. The highest BCUT2D eigenvalue weighted by molar-refractivity contribution is 6.30. The molecule has 0 heterocycles. The second-order valence-corrected chi connectivity index (χ2v) is 4.87. The van der Waals surface area contributed by atoms with Crippen LogP contribution in [0, 0.1) is 5.82 Å². The van der Waals surface area contributed by atoms with Gasteiger partial charge in [-0.3, -0.25) is 0 Å². The fraction of sp³-hybridized carbons (Fsp3) is 0.250. The molecule has 0 fully saturated rings. The minimum absolute atomic E-state index is 0.157. The maximum Gasteiger partial charge on any atom is 0.146 e. The maximum atomic E-state index is 14.1. The van der Waals surface area contributed by atoms with Crippen LogP contribution in [0.25, 0.3) is 0 Å². The van der Waals surface area contributed by atoms with E-state index in [9.17, 15) is 4.39 Å². The molecule has 1 unspecified atom stereocenters. The summed E-state index contributed by atoms with van der Waals surface area (Å²) in [6.07, 6.45) is 0.961. The average Bonchev–Trinajstić information content (AvgIpc) is 2.44. The van der Waals surface area contributed by atoms with Crippen LogP contribution in [-0.2, 0) is 6.42 Å². The Bertz CT molecular complexity index is 568. The van der Waals surface area contributed by atoms with Gasteiger partial charge < -0.3 is 5.32 Å². The van der Waals surface area contributed by atoms with Crippen molar-refractivity contribution in [2.75, 3.05) is 7.05 Å². The highest BCUT2D eigenvalue weighted by atomic mass is 35.5. The number of benzene rings is 2. The van der Waals surface area contributed by atoms with E-state index >= 15 is 0 Å². The maximum absolute atomic E-state index is 14.1. The van der Waals surface area contributed by atoms with Crippen LogP contribution in [0.1, 0.15) is 29.7 Å². The van der Waals surface area contributed by atoms with Gasteiger partial charge in [0.2, 0.25) is 0 Å². The third-order valence-corrected chi connectivity index (χ3v) is 3.57. The Balaban J connectivity index is 2.46. The van der Waals surface area contributed by atoms with Crippen molar-refractivity contribution in [1.29, 1.82) is 0 Å². The molecule has 0 amide bonds. The monoisotopic (exact) mass is 277 g/mol. The van der Waals surface area contributed by atoms with Crippen LogP contribution in [0.3, 0.4) is 0 Å². The number of hydrogen-bond donors (Lipinski definition) is 1. The van der Waals surface area contributed by atoms with E-state index in [0.717, 1.165) is 12.0 Å². The molecule has 0 spiro atoms. The minimum atomic E-state index is -0.356. The number of hydrogen-bond acceptors (Lipinski definition) is 1. The Kier molecular flexibility index (Phi) is 4.56. The van der Waals surface area contributed by atoms with Crippen molar-refractivity contribution in [3.8, 4) is 0 Å². The Morgan fingerprint density at radius 2 is 1.95 bits per heavy atom. The molecule has 0 saturated heterocycles. The summed E-state index contributed by atoms with van der Waals surface area (Å²) < 4.78 is 14.1. The molecule has 2 aromatic carbocycles. The summed E-state index contributed by atoms with van der Waals surface area (Å²) in [5.41, 5.74) is 2.85. The lowest BCUT2D eigenvalue weighted by molar-refractivity contribution is 0.576. The van der Waals surface area contributed by atoms with Gasteiger partial charge in [0.15, 0.2) is 0 Å². The van der Waals surface area contributed by atoms with Gasteiger partial charge in [0.25, 0.3) is 0 Å². The molecule has 1 nitrogen and oxygen atoms in total. The van der Waals surface area contributed by atoms with Gasteiger partial charge in [-0.05, 0) is 30.7 Å². The Morgan fingerprint density at radius 3 is 2.63 bits per heavy atom. The molecule has 1 N–H and O–H groups in total. The van der Waals surface area contributed by atoms with E-state index in [-0.39, 0.29) is 16.9 Å². The molecular formula is C16H17ClFN. The van der Waals surface area contributed by atoms with Gasteiger partial charge in [-0.2, -0.15) is 0 Å². The van der Waals surface area contributed by atoms with Crippen molar-refractivity contribution in [3.63, 3.8) is 0 Å². The second-order valence-electron chi connectivity index (χ2n) is 4.46. The lowest BCUT2D eigenvalue weighted by Crippen LogP contribution is -2.19. The summed E-state index contributed by atoms with van der Waals surface area (Å²) in [4.78, 5) is 0. The molecule has 0 aliphatic carbocycles. The van der Waals surface area contributed by atoms with Crippen molar-refractivity contribution in [1.82, 2.24) is 5.32 Å². The number of halogens is 2. The van der Waals surface area contributed by atoms with Crippen molar-refractivity contribution in [2.45, 2.75) is 19.4 Å². The van der Waals surface area contributed by atoms with Crippen molar-refractivity contribution in [3.05, 3.63) is 70.0 Å². The molecule has 2 aromatic rings. The van der Waals surface area contributed by atoms with Crippen LogP contribution >= 0.6 is 11.6 Å². The van der Waals surface area contributed by atoms with E-state index in [1.807, 2.05) is 19.2 Å². The third-order valence-electron chi connectivity index (χ3n) is 3.27. The molecule has 0 aromatic heterocycles. The highest BCUT2D eigenvalue weighted by Gasteiger charge is 2.17. The smallest absolute Gasteiger partial charge is 0.146 e. The van der Waals surface area contributed by atoms with Gasteiger partial charge in [0.05, 0.1) is 11.1 Å². The molecule has 0 saturated carbocycles. The summed E-state index contributed by atoms with van der Waals surface area (Å²) in [6.45, 7) is 2.10. The van der Waals surface area contributed by atoms with E-state index in [2.05, 4.69) is 24.4 Å². The van der Waals surface area contributed by atoms with Gasteiger partial charge in [0, 0.05) is 5.56 Å². The van der Waals surface area contributed by atoms with Crippen LogP contribution in [0.2, 0.25) is 5.02 Å². The van der Waals surface area contributed by atoms with Gasteiger partial charge >= 0.3 is 0 Å². The van der Waals surface area contributed by atoms with Gasteiger partial charge in [-0.1, -0.05) is 54.9 Å². The first kappa shape index (κ1) is 14.0. The largest absolute Gasteiger partial charge is 0.309 e. The normalized spacial score (nSPS) is 12.4. The van der Waals surface area contributed by atoms with Gasteiger partial charge in [-0.25, -0.2) is 4.39 Å². The van der Waals surface area contributed by atoms with Crippen molar-refractivity contribution >= 4 is 11.6 Å². The Labute approximate surface area is 118 Å². The van der Waals surface area contributed by atoms with Crippen LogP contribution in [0.15, 0.2) is 42.5 Å². The first-order valence-corrected chi connectivity index (χ1v) is 6.75. The molecule has 0 aliphatic heterocycles. The SMILES string of the molecule is CCc1cccc(C(NC)c2cccc(Cl)c2F)c1. The topological polar surface area (TPSA) is 12.0 Å². The summed E-state index contributed by atoms with van der Waals surface area (Å²) in [7, 11) is 1.82. The number of rotatable bonds is 4. The molecule has 19 heavy (non-hydrogen) atoms. The quantitative estimate of drug-likeness (QED) is 0.876. The predicted molar refractivity (Wildman–Crippen MR) is 78.1 cm³/mol. The molecule has 2 rings (SSSR count). The van der Waals surface area contributed by atoms with Crippen LogP contribution < -0.4 is 5.32 Å². The van der Waals surface area contributed by atoms with Crippen LogP contribution in [0.4, 0.5) is 4.39 Å². The highest BCUT2D eigenvalue weighted by Crippen LogP contribution is 2.28. The fourth-order valence-electron chi connectivity index (χ4n) is 2.24. The number of nitrogens with one attached hydrogen (secondary N) is 1. The molecule has 0 aliphatic rings. The first-order chi connectivity index (χ1) is 9.17. The zero-order chi connectivity index (χ0) is 13.8.